The van der Waals surface area contributed by atoms with Crippen LogP contribution < -0.4 is 9.80 Å². The highest BCUT2D eigenvalue weighted by Gasteiger charge is 2.36. The van der Waals surface area contributed by atoms with Gasteiger partial charge in [-0.1, -0.05) is 12.1 Å². The van der Waals surface area contributed by atoms with Crippen LogP contribution in [0, 0.1) is 0 Å². The minimum Gasteiger partial charge on any atom is -0.395 e. The molecule has 6 rings (SSSR count). The van der Waals surface area contributed by atoms with Crippen molar-refractivity contribution < 1.29 is 9.84 Å². The number of nitrogens with zero attached hydrogens (tertiary/aromatic N) is 7. The third-order valence-electron chi connectivity index (χ3n) is 6.61. The number of β-amino-alcohol motifs (C(OH)–C–C–N with tert-alkyl or cyclic N) is 1. The van der Waals surface area contributed by atoms with Crippen molar-refractivity contribution in [2.45, 2.75) is 5.92 Å². The van der Waals surface area contributed by atoms with E-state index >= 15 is 0 Å². The highest BCUT2D eigenvalue weighted by atomic mass is 16.5. The highest BCUT2D eigenvalue weighted by molar-refractivity contribution is 5.81. The van der Waals surface area contributed by atoms with E-state index in [0.717, 1.165) is 59.5 Å². The quantitative estimate of drug-likeness (QED) is 0.461. The van der Waals surface area contributed by atoms with Crippen molar-refractivity contribution in [1.82, 2.24) is 24.7 Å². The maximum absolute atomic E-state index is 9.87. The number of rotatable bonds is 6. The van der Waals surface area contributed by atoms with Gasteiger partial charge in [-0.2, -0.15) is 5.10 Å². The van der Waals surface area contributed by atoms with Gasteiger partial charge in [-0.3, -0.25) is 4.98 Å². The number of hydrogen-bond donors (Lipinski definition) is 1. The molecule has 0 radical (unpaired) electrons. The Balaban J connectivity index is 1.51. The molecule has 2 aliphatic heterocycles. The highest BCUT2D eigenvalue weighted by Crippen LogP contribution is 2.45. The molecular weight excluding hydrogens is 442 g/mol. The number of hydrogen-bond acceptors (Lipinski definition) is 8. The summed E-state index contributed by atoms with van der Waals surface area (Å²) < 4.78 is 7.43. The number of aromatic nitrogens is 5. The molecule has 1 N–H and O–H groups in total. The summed E-state index contributed by atoms with van der Waals surface area (Å²) in [7, 11) is 0. The Kier molecular flexibility index (Phi) is 5.85. The second-order valence-electron chi connectivity index (χ2n) is 8.71. The van der Waals surface area contributed by atoms with E-state index in [1.807, 2.05) is 29.1 Å². The van der Waals surface area contributed by atoms with Crippen LogP contribution in [-0.2, 0) is 4.74 Å². The van der Waals surface area contributed by atoms with E-state index in [1.165, 1.54) is 0 Å². The van der Waals surface area contributed by atoms with E-state index in [-0.39, 0.29) is 12.5 Å². The fraction of sp³-hybridized carbons (Fsp3) is 0.308. The summed E-state index contributed by atoms with van der Waals surface area (Å²) in [4.78, 5) is 18.8. The van der Waals surface area contributed by atoms with Crippen molar-refractivity contribution in [2.24, 2.45) is 0 Å². The van der Waals surface area contributed by atoms with Crippen LogP contribution in [0.5, 0.6) is 0 Å². The molecule has 1 unspecified atom stereocenters. The van der Waals surface area contributed by atoms with Crippen molar-refractivity contribution >= 4 is 11.6 Å². The minimum absolute atomic E-state index is 0.0374. The van der Waals surface area contributed by atoms with Crippen molar-refractivity contribution in [3.8, 4) is 16.9 Å². The Morgan fingerprint density at radius 2 is 1.86 bits per heavy atom. The fourth-order valence-corrected chi connectivity index (χ4v) is 4.92. The molecule has 2 aliphatic rings. The molecule has 1 fully saturated rings. The number of aliphatic hydroxyl groups is 1. The first-order chi connectivity index (χ1) is 17.3. The van der Waals surface area contributed by atoms with E-state index in [9.17, 15) is 5.11 Å². The summed E-state index contributed by atoms with van der Waals surface area (Å²) >= 11 is 0. The minimum atomic E-state index is 0.0374. The Bertz CT molecular complexity index is 1290. The molecule has 0 saturated carbocycles. The summed E-state index contributed by atoms with van der Waals surface area (Å²) in [6.07, 6.45) is 7.30. The predicted octanol–water partition coefficient (Wildman–Crippen LogP) is 2.51. The molecule has 0 amide bonds. The van der Waals surface area contributed by atoms with E-state index < -0.39 is 0 Å². The van der Waals surface area contributed by atoms with Crippen molar-refractivity contribution in [1.29, 1.82) is 0 Å². The lowest BCUT2D eigenvalue weighted by atomic mass is 9.96. The van der Waals surface area contributed by atoms with Crippen LogP contribution >= 0.6 is 0 Å². The van der Waals surface area contributed by atoms with E-state index in [0.29, 0.717) is 19.8 Å². The van der Waals surface area contributed by atoms with Gasteiger partial charge in [0.25, 0.3) is 0 Å². The smallest absolute Gasteiger partial charge is 0.226 e. The molecule has 9 heteroatoms. The monoisotopic (exact) mass is 469 g/mol. The molecule has 9 nitrogen and oxygen atoms in total. The number of aliphatic hydroxyl groups excluding tert-OH is 1. The molecule has 0 spiro atoms. The summed E-state index contributed by atoms with van der Waals surface area (Å²) in [6.45, 7) is 4.13. The molecule has 0 aliphatic carbocycles. The summed E-state index contributed by atoms with van der Waals surface area (Å²) in [6, 6.07) is 14.3. The Labute approximate surface area is 203 Å². The Morgan fingerprint density at radius 1 is 1.00 bits per heavy atom. The lowest BCUT2D eigenvalue weighted by molar-refractivity contribution is 0.122. The molecule has 5 heterocycles. The lowest BCUT2D eigenvalue weighted by Gasteiger charge is -2.28. The van der Waals surface area contributed by atoms with E-state index in [1.54, 1.807) is 18.6 Å². The zero-order valence-electron chi connectivity index (χ0n) is 19.4. The van der Waals surface area contributed by atoms with Gasteiger partial charge >= 0.3 is 0 Å². The van der Waals surface area contributed by atoms with Crippen LogP contribution in [0.4, 0.5) is 11.6 Å². The molecule has 1 saturated heterocycles. The molecule has 178 valence electrons. The molecule has 4 aromatic rings. The largest absolute Gasteiger partial charge is 0.395 e. The topological polar surface area (TPSA) is 92.4 Å². The Hall–Kier alpha value is -3.82. The third-order valence-corrected chi connectivity index (χ3v) is 6.61. The van der Waals surface area contributed by atoms with Gasteiger partial charge in [-0.15, -0.1) is 0 Å². The summed E-state index contributed by atoms with van der Waals surface area (Å²) in [5, 5.41) is 14.3. The van der Waals surface area contributed by atoms with Gasteiger partial charge in [-0.25, -0.2) is 14.6 Å². The van der Waals surface area contributed by atoms with Crippen molar-refractivity contribution in [2.75, 3.05) is 55.8 Å². The van der Waals surface area contributed by atoms with Gasteiger partial charge in [0.05, 0.1) is 42.6 Å². The SMILES string of the molecule is OCCN1CC(c2cccc(-n3cccn3)c2)c2nc(N3CCOCC3)nc(-c3ccncc3)c21. The lowest BCUT2D eigenvalue weighted by Crippen LogP contribution is -2.37. The van der Waals surface area contributed by atoms with Gasteiger partial charge < -0.3 is 19.6 Å². The number of benzene rings is 1. The average Bonchev–Trinajstić information content (AvgIpc) is 3.59. The van der Waals surface area contributed by atoms with Crippen molar-refractivity contribution in [3.63, 3.8) is 0 Å². The summed E-state index contributed by atoms with van der Waals surface area (Å²) in [5.41, 5.74) is 6.00. The Morgan fingerprint density at radius 3 is 2.63 bits per heavy atom. The first-order valence-electron chi connectivity index (χ1n) is 11.9. The van der Waals surface area contributed by atoms with Crippen molar-refractivity contribution in [3.05, 3.63) is 78.5 Å². The van der Waals surface area contributed by atoms with Crippen LogP contribution in [0.15, 0.2) is 67.3 Å². The van der Waals surface area contributed by atoms with Crippen LogP contribution in [0.2, 0.25) is 0 Å². The zero-order valence-corrected chi connectivity index (χ0v) is 19.4. The maximum Gasteiger partial charge on any atom is 0.226 e. The van der Waals surface area contributed by atoms with Crippen LogP contribution in [0.1, 0.15) is 17.2 Å². The van der Waals surface area contributed by atoms with Gasteiger partial charge in [0.15, 0.2) is 0 Å². The molecule has 1 aromatic carbocycles. The van der Waals surface area contributed by atoms with Gasteiger partial charge in [0, 0.05) is 62.4 Å². The zero-order chi connectivity index (χ0) is 23.6. The number of morpholine rings is 1. The first-order valence-corrected chi connectivity index (χ1v) is 11.9. The summed E-state index contributed by atoms with van der Waals surface area (Å²) in [5.74, 6) is 0.758. The third kappa shape index (κ3) is 4.13. The first kappa shape index (κ1) is 21.7. The molecule has 1 atom stereocenters. The van der Waals surface area contributed by atoms with Gasteiger partial charge in [0.2, 0.25) is 5.95 Å². The second kappa shape index (κ2) is 9.44. The molecule has 0 bridgehead atoms. The standard InChI is InChI=1S/C26H27N7O2/c34-14-11-32-18-22(20-3-1-4-21(17-20)33-10-2-7-28-33)24-25(32)23(19-5-8-27-9-6-19)29-26(30-24)31-12-15-35-16-13-31/h1-10,17,22,34H,11-16,18H2. The van der Waals surface area contributed by atoms with Gasteiger partial charge in [0.1, 0.15) is 0 Å². The number of ether oxygens (including phenoxy) is 1. The van der Waals surface area contributed by atoms with Crippen LogP contribution in [-0.4, -0.2) is 75.8 Å². The molecular formula is C26H27N7O2. The number of pyridine rings is 1. The second-order valence-corrected chi connectivity index (χ2v) is 8.71. The molecule has 35 heavy (non-hydrogen) atoms. The normalized spacial score (nSPS) is 17.6. The van der Waals surface area contributed by atoms with Gasteiger partial charge in [-0.05, 0) is 35.9 Å². The fourth-order valence-electron chi connectivity index (χ4n) is 4.92. The van der Waals surface area contributed by atoms with Crippen LogP contribution in [0.25, 0.3) is 16.9 Å². The average molecular weight is 470 g/mol. The van der Waals surface area contributed by atoms with Crippen LogP contribution in [0.3, 0.4) is 0 Å². The van der Waals surface area contributed by atoms with E-state index in [2.05, 4.69) is 44.1 Å². The number of anilines is 2. The maximum atomic E-state index is 9.87. The predicted molar refractivity (Wildman–Crippen MR) is 133 cm³/mol. The van der Waals surface area contributed by atoms with E-state index in [4.69, 9.17) is 14.7 Å². The molecule has 3 aromatic heterocycles. The number of fused-ring (bicyclic) bond motifs is 1.